The molecular weight excluding hydrogens is 472 g/mol. The molecule has 12 nitrogen and oxygen atoms in total. The van der Waals surface area contributed by atoms with Crippen molar-refractivity contribution < 1.29 is 29.1 Å². The van der Waals surface area contributed by atoms with Crippen molar-refractivity contribution in [1.29, 1.82) is 0 Å². The van der Waals surface area contributed by atoms with Gasteiger partial charge in [-0.15, -0.1) is 0 Å². The van der Waals surface area contributed by atoms with E-state index in [0.717, 1.165) is 0 Å². The van der Waals surface area contributed by atoms with Crippen molar-refractivity contribution in [2.45, 2.75) is 62.7 Å². The predicted octanol–water partition coefficient (Wildman–Crippen LogP) is -2.07. The van der Waals surface area contributed by atoms with Gasteiger partial charge in [0.25, 0.3) is 0 Å². The van der Waals surface area contributed by atoms with Crippen LogP contribution in [-0.4, -0.2) is 83.2 Å². The number of thioether (sulfide) groups is 1. The first kappa shape index (κ1) is 31.0. The van der Waals surface area contributed by atoms with Gasteiger partial charge in [0.1, 0.15) is 18.1 Å². The van der Waals surface area contributed by atoms with Crippen LogP contribution in [0.15, 0.2) is 0 Å². The summed E-state index contributed by atoms with van der Waals surface area (Å²) >= 11 is 5.52. The monoisotopic (exact) mass is 508 g/mol. The smallest absolute Gasteiger partial charge is 0.326 e. The second-order valence-electron chi connectivity index (χ2n) is 7.38. The van der Waals surface area contributed by atoms with Crippen LogP contribution >= 0.6 is 24.4 Å². The molecule has 4 amide bonds. The van der Waals surface area contributed by atoms with Gasteiger partial charge in [-0.2, -0.15) is 24.4 Å². The molecule has 0 spiro atoms. The Morgan fingerprint density at radius 3 is 2.00 bits per heavy atom. The third kappa shape index (κ3) is 13.3. The Kier molecular flexibility index (Phi) is 16.4. The lowest BCUT2D eigenvalue weighted by molar-refractivity contribution is -0.142. The molecule has 0 aromatic rings. The molecule has 0 aliphatic rings. The maximum Gasteiger partial charge on any atom is 0.326 e. The molecule has 0 heterocycles. The van der Waals surface area contributed by atoms with E-state index in [9.17, 15) is 29.1 Å². The van der Waals surface area contributed by atoms with Gasteiger partial charge in [0.15, 0.2) is 0 Å². The van der Waals surface area contributed by atoms with Crippen LogP contribution in [0, 0.1) is 0 Å². The maximum absolute atomic E-state index is 12.7. The van der Waals surface area contributed by atoms with Gasteiger partial charge in [0.05, 0.1) is 6.04 Å². The number of nitrogens with two attached hydrogens (primary N) is 3. The van der Waals surface area contributed by atoms with Gasteiger partial charge in [-0.1, -0.05) is 0 Å². The molecule has 0 aliphatic heterocycles. The largest absolute Gasteiger partial charge is 0.480 e. The van der Waals surface area contributed by atoms with Crippen LogP contribution in [0.5, 0.6) is 0 Å². The molecule has 10 N–H and O–H groups in total. The van der Waals surface area contributed by atoms with Crippen LogP contribution in [0.2, 0.25) is 0 Å². The molecule has 0 radical (unpaired) electrons. The van der Waals surface area contributed by atoms with E-state index in [2.05, 4.69) is 28.6 Å². The molecule has 190 valence electrons. The number of rotatable bonds is 18. The van der Waals surface area contributed by atoms with Gasteiger partial charge in [0.2, 0.25) is 23.6 Å². The van der Waals surface area contributed by atoms with Crippen molar-refractivity contribution >= 4 is 54.0 Å². The minimum absolute atomic E-state index is 0.0127. The number of carbonyl (C=O) groups excluding carboxylic acids is 4. The average Bonchev–Trinajstić information content (AvgIpc) is 2.77. The number of hydrogen-bond donors (Lipinski definition) is 8. The summed E-state index contributed by atoms with van der Waals surface area (Å²) in [6.45, 7) is 0.395. The summed E-state index contributed by atoms with van der Waals surface area (Å²) in [6.07, 6.45) is 3.33. The van der Waals surface area contributed by atoms with Gasteiger partial charge >= 0.3 is 5.97 Å². The lowest BCUT2D eigenvalue weighted by Crippen LogP contribution is -2.57. The van der Waals surface area contributed by atoms with E-state index >= 15 is 0 Å². The van der Waals surface area contributed by atoms with Gasteiger partial charge < -0.3 is 38.3 Å². The zero-order chi connectivity index (χ0) is 25.4. The summed E-state index contributed by atoms with van der Waals surface area (Å²) in [5.41, 5.74) is 16.3. The van der Waals surface area contributed by atoms with Crippen LogP contribution < -0.4 is 33.2 Å². The number of thiol groups is 1. The Balaban J connectivity index is 5.20. The third-order valence-electron chi connectivity index (χ3n) is 4.66. The number of carbonyl (C=O) groups is 5. The van der Waals surface area contributed by atoms with Crippen LogP contribution in [-0.2, 0) is 24.0 Å². The van der Waals surface area contributed by atoms with E-state index in [-0.39, 0.29) is 31.4 Å². The third-order valence-corrected chi connectivity index (χ3v) is 5.67. The van der Waals surface area contributed by atoms with Gasteiger partial charge in [0, 0.05) is 12.2 Å². The second kappa shape index (κ2) is 17.4. The van der Waals surface area contributed by atoms with Gasteiger partial charge in [-0.05, 0) is 50.7 Å². The molecule has 0 fully saturated rings. The van der Waals surface area contributed by atoms with E-state index in [4.69, 9.17) is 17.2 Å². The highest BCUT2D eigenvalue weighted by atomic mass is 32.2. The molecule has 0 aliphatic carbocycles. The van der Waals surface area contributed by atoms with E-state index in [0.29, 0.717) is 25.1 Å². The Morgan fingerprint density at radius 2 is 1.48 bits per heavy atom. The fourth-order valence-corrected chi connectivity index (χ4v) is 3.43. The van der Waals surface area contributed by atoms with Gasteiger partial charge in [-0.3, -0.25) is 19.2 Å². The molecule has 0 aromatic heterocycles. The molecular formula is C19H36N6O6S2. The highest BCUT2D eigenvalue weighted by Gasteiger charge is 2.29. The standard InChI is InChI=1S/C19H36N6O6S2/c1-33-9-7-13(19(30)31)24-17(28)12(4-2-3-8-20)23-18(29)14(10-32)25-16(27)11(21)5-6-15(22)26/h11-14,32H,2-10,20-21H2,1H3,(H2,22,26)(H,23,29)(H,24,28)(H,25,27)(H,30,31). The van der Waals surface area contributed by atoms with Crippen molar-refractivity contribution in [2.75, 3.05) is 24.3 Å². The molecule has 4 unspecified atom stereocenters. The average molecular weight is 509 g/mol. The van der Waals surface area contributed by atoms with Crippen LogP contribution in [0.3, 0.4) is 0 Å². The normalized spacial score (nSPS) is 14.4. The van der Waals surface area contributed by atoms with Crippen molar-refractivity contribution in [2.24, 2.45) is 17.2 Å². The fourth-order valence-electron chi connectivity index (χ4n) is 2.70. The molecule has 0 bridgehead atoms. The second-order valence-corrected chi connectivity index (χ2v) is 8.73. The lowest BCUT2D eigenvalue weighted by atomic mass is 10.1. The van der Waals surface area contributed by atoms with E-state index in [1.807, 2.05) is 6.26 Å². The topological polar surface area (TPSA) is 220 Å². The maximum atomic E-state index is 12.7. The SMILES string of the molecule is CSCCC(NC(=O)C(CCCCN)NC(=O)C(CS)NC(=O)C(N)CCC(N)=O)C(=O)O. The minimum atomic E-state index is -1.17. The highest BCUT2D eigenvalue weighted by molar-refractivity contribution is 7.98. The van der Waals surface area contributed by atoms with E-state index in [1.54, 1.807) is 0 Å². The first-order valence-electron chi connectivity index (χ1n) is 10.5. The van der Waals surface area contributed by atoms with E-state index < -0.39 is 53.8 Å². The Morgan fingerprint density at radius 1 is 0.909 bits per heavy atom. The molecule has 33 heavy (non-hydrogen) atoms. The summed E-state index contributed by atoms with van der Waals surface area (Å²) in [5.74, 6) is -3.31. The van der Waals surface area contributed by atoms with Crippen LogP contribution in [0.25, 0.3) is 0 Å². The quantitative estimate of drug-likeness (QED) is 0.0751. The molecule has 0 saturated carbocycles. The summed E-state index contributed by atoms with van der Waals surface area (Å²) < 4.78 is 0. The summed E-state index contributed by atoms with van der Waals surface area (Å²) in [7, 11) is 0. The molecule has 0 aromatic carbocycles. The van der Waals surface area contributed by atoms with Crippen LogP contribution in [0.4, 0.5) is 0 Å². The van der Waals surface area contributed by atoms with Gasteiger partial charge in [-0.25, -0.2) is 4.79 Å². The van der Waals surface area contributed by atoms with Crippen LogP contribution in [0.1, 0.15) is 38.5 Å². The van der Waals surface area contributed by atoms with Crippen molar-refractivity contribution in [1.82, 2.24) is 16.0 Å². The van der Waals surface area contributed by atoms with Crippen molar-refractivity contribution in [3.05, 3.63) is 0 Å². The van der Waals surface area contributed by atoms with Crippen molar-refractivity contribution in [3.8, 4) is 0 Å². The molecule has 0 rings (SSSR count). The number of aliphatic carboxylic acids is 1. The summed E-state index contributed by atoms with van der Waals surface area (Å²) in [5, 5.41) is 16.8. The number of carboxylic acids is 1. The number of nitrogens with one attached hydrogen (secondary N) is 3. The zero-order valence-electron chi connectivity index (χ0n) is 18.7. The fraction of sp³-hybridized carbons (Fsp3) is 0.737. The molecule has 14 heteroatoms. The van der Waals surface area contributed by atoms with E-state index in [1.165, 1.54) is 11.8 Å². The van der Waals surface area contributed by atoms with Crippen molar-refractivity contribution in [3.63, 3.8) is 0 Å². The number of primary amides is 1. The number of hydrogen-bond acceptors (Lipinski definition) is 9. The number of amides is 4. The molecule has 0 saturated heterocycles. The Hall–Kier alpha value is -2.03. The number of unbranched alkanes of at least 4 members (excludes halogenated alkanes) is 1. The minimum Gasteiger partial charge on any atom is -0.480 e. The Bertz CT molecular complexity index is 669. The molecule has 4 atom stereocenters. The Labute approximate surface area is 203 Å². The first-order valence-corrected chi connectivity index (χ1v) is 12.6. The summed E-state index contributed by atoms with van der Waals surface area (Å²) in [6, 6.07) is -4.27. The highest BCUT2D eigenvalue weighted by Crippen LogP contribution is 2.06. The number of carboxylic acid groups (broad SMARTS) is 1. The summed E-state index contributed by atoms with van der Waals surface area (Å²) in [4.78, 5) is 60.0. The lowest BCUT2D eigenvalue weighted by Gasteiger charge is -2.24. The zero-order valence-corrected chi connectivity index (χ0v) is 20.5. The first-order chi connectivity index (χ1) is 15.6. The predicted molar refractivity (Wildman–Crippen MR) is 130 cm³/mol.